The summed E-state index contributed by atoms with van der Waals surface area (Å²) in [6.45, 7) is 2.81. The Bertz CT molecular complexity index is 2080. The summed E-state index contributed by atoms with van der Waals surface area (Å²) in [4.78, 5) is 17.5. The monoisotopic (exact) mass is 810 g/mol. The number of thiazole rings is 1. The van der Waals surface area contributed by atoms with Crippen LogP contribution in [0.15, 0.2) is 129 Å². The van der Waals surface area contributed by atoms with Crippen molar-refractivity contribution < 1.29 is 19.0 Å². The van der Waals surface area contributed by atoms with Gasteiger partial charge in [0.2, 0.25) is 0 Å². The Hall–Kier alpha value is -4.97. The smallest absolute Gasteiger partial charge is 0.271 e. The Balaban J connectivity index is 1.01. The number of benzene rings is 5. The van der Waals surface area contributed by atoms with Crippen molar-refractivity contribution in [2.45, 2.75) is 20.1 Å². The molecule has 8 nitrogen and oxygen atoms in total. The second-order valence-electron chi connectivity index (χ2n) is 11.2. The van der Waals surface area contributed by atoms with E-state index >= 15 is 0 Å². The fraction of sp³-hybridized carbons (Fsp3) is 0.103. The molecule has 0 unspecified atom stereocenters. The van der Waals surface area contributed by atoms with Crippen LogP contribution >= 0.6 is 43.2 Å². The van der Waals surface area contributed by atoms with Crippen LogP contribution in [0, 0.1) is 6.92 Å². The molecule has 0 aliphatic rings. The third-order valence-electron chi connectivity index (χ3n) is 7.50. The number of carbonyl (C=O) groups is 1. The van der Waals surface area contributed by atoms with Gasteiger partial charge in [0.25, 0.3) is 5.91 Å². The number of nitrogens with zero attached hydrogens (tertiary/aromatic N) is 2. The van der Waals surface area contributed by atoms with E-state index in [1.807, 2.05) is 90.3 Å². The minimum Gasteiger partial charge on any atom is -0.493 e. The predicted octanol–water partition coefficient (Wildman–Crippen LogP) is 10.3. The molecule has 252 valence electrons. The summed E-state index contributed by atoms with van der Waals surface area (Å²) >= 11 is 8.73. The molecule has 6 aromatic rings. The van der Waals surface area contributed by atoms with Gasteiger partial charge in [0.1, 0.15) is 19.0 Å². The molecule has 6 rings (SSSR count). The number of ether oxygens (including phenoxy) is 3. The highest BCUT2D eigenvalue weighted by Gasteiger charge is 2.12. The molecule has 0 aliphatic carbocycles. The molecule has 0 bridgehead atoms. The Kier molecular flexibility index (Phi) is 11.6. The second-order valence-corrected chi connectivity index (χ2v) is 13.7. The average Bonchev–Trinajstić information content (AvgIpc) is 3.60. The third-order valence-corrected chi connectivity index (χ3v) is 9.43. The number of carbonyl (C=O) groups excluding carboxylic acids is 1. The van der Waals surface area contributed by atoms with E-state index in [4.69, 9.17) is 14.2 Å². The molecule has 0 saturated carbocycles. The maximum atomic E-state index is 12.8. The van der Waals surface area contributed by atoms with Gasteiger partial charge in [-0.2, -0.15) is 5.10 Å². The zero-order valence-electron chi connectivity index (χ0n) is 27.2. The molecule has 0 radical (unpaired) electrons. The molecule has 11 heteroatoms. The lowest BCUT2D eigenvalue weighted by Gasteiger charge is -2.14. The second kappa shape index (κ2) is 16.6. The van der Waals surface area contributed by atoms with E-state index < -0.39 is 0 Å². The summed E-state index contributed by atoms with van der Waals surface area (Å²) in [5, 5.41) is 10.3. The maximum Gasteiger partial charge on any atom is 0.271 e. The standard InChI is InChI=1S/C39H32Br2N4O4S/c1-25-8-15-31(16-9-25)43-39-44-34(24-50-39)29-11-13-30(14-12-29)38(46)45-42-21-28-18-32(40)37(33(41)19-28)49-23-27-10-17-35(36(20-27)47-2)48-22-26-6-4-3-5-7-26/h3-21,24H,22-23H2,1-2H3,(H,43,44)(H,45,46)/b42-21+. The summed E-state index contributed by atoms with van der Waals surface area (Å²) in [5.41, 5.74) is 9.77. The summed E-state index contributed by atoms with van der Waals surface area (Å²) in [5.74, 6) is 1.60. The molecule has 0 atom stereocenters. The quantitative estimate of drug-likeness (QED) is 0.0891. The van der Waals surface area contributed by atoms with E-state index in [9.17, 15) is 4.79 Å². The number of hydrazone groups is 1. The van der Waals surface area contributed by atoms with E-state index in [0.29, 0.717) is 36.0 Å². The van der Waals surface area contributed by atoms with Crippen LogP contribution < -0.4 is 25.0 Å². The maximum absolute atomic E-state index is 12.8. The van der Waals surface area contributed by atoms with E-state index in [-0.39, 0.29) is 5.91 Å². The normalized spacial score (nSPS) is 11.0. The van der Waals surface area contributed by atoms with Crippen molar-refractivity contribution >= 4 is 66.1 Å². The topological polar surface area (TPSA) is 94.1 Å². The van der Waals surface area contributed by atoms with Crippen LogP contribution in [0.5, 0.6) is 17.2 Å². The zero-order chi connectivity index (χ0) is 34.9. The number of nitrogens with one attached hydrogen (secondary N) is 2. The van der Waals surface area contributed by atoms with Crippen LogP contribution in [-0.2, 0) is 13.2 Å². The van der Waals surface area contributed by atoms with E-state index in [1.54, 1.807) is 25.5 Å². The summed E-state index contributed by atoms with van der Waals surface area (Å²) in [6, 6.07) is 34.9. The van der Waals surface area contributed by atoms with Crippen molar-refractivity contribution in [3.63, 3.8) is 0 Å². The molecule has 1 aromatic heterocycles. The van der Waals surface area contributed by atoms with E-state index in [0.717, 1.165) is 47.7 Å². The number of methoxy groups -OCH3 is 1. The molecule has 0 spiro atoms. The Labute approximate surface area is 311 Å². The van der Waals surface area contributed by atoms with Gasteiger partial charge in [0, 0.05) is 22.2 Å². The first kappa shape index (κ1) is 34.9. The predicted molar refractivity (Wildman–Crippen MR) is 207 cm³/mol. The lowest BCUT2D eigenvalue weighted by molar-refractivity contribution is 0.0955. The van der Waals surface area contributed by atoms with Crippen LogP contribution in [0.25, 0.3) is 11.3 Å². The molecule has 0 aliphatic heterocycles. The van der Waals surface area contributed by atoms with Crippen LogP contribution in [-0.4, -0.2) is 24.2 Å². The third kappa shape index (κ3) is 9.17. The number of aromatic nitrogens is 1. The van der Waals surface area contributed by atoms with Gasteiger partial charge in [-0.1, -0.05) is 66.2 Å². The summed E-state index contributed by atoms with van der Waals surface area (Å²) in [7, 11) is 1.62. The molecule has 1 heterocycles. The lowest BCUT2D eigenvalue weighted by atomic mass is 10.1. The van der Waals surface area contributed by atoms with Crippen LogP contribution in [0.1, 0.15) is 32.6 Å². The molecular weight excluding hydrogens is 780 g/mol. The number of amides is 1. The van der Waals surface area contributed by atoms with E-state index in [1.165, 1.54) is 16.9 Å². The van der Waals surface area contributed by atoms with E-state index in [2.05, 4.69) is 71.7 Å². The Morgan fingerprint density at radius 3 is 2.28 bits per heavy atom. The first-order chi connectivity index (χ1) is 24.3. The molecular formula is C39H32Br2N4O4S. The van der Waals surface area contributed by atoms with Crippen molar-refractivity contribution in [2.75, 3.05) is 12.4 Å². The first-order valence-electron chi connectivity index (χ1n) is 15.5. The molecule has 0 fully saturated rings. The average molecular weight is 813 g/mol. The van der Waals surface area contributed by atoms with Crippen LogP contribution in [0.4, 0.5) is 10.8 Å². The van der Waals surface area contributed by atoms with Crippen molar-refractivity contribution in [1.29, 1.82) is 0 Å². The summed E-state index contributed by atoms with van der Waals surface area (Å²) in [6.07, 6.45) is 1.57. The SMILES string of the molecule is COc1cc(COc2c(Br)cc(/C=N/NC(=O)c3ccc(-c4csc(Nc5ccc(C)cc5)n4)cc3)cc2Br)ccc1OCc1ccccc1. The summed E-state index contributed by atoms with van der Waals surface area (Å²) < 4.78 is 19.1. The largest absolute Gasteiger partial charge is 0.493 e. The van der Waals surface area contributed by atoms with Gasteiger partial charge >= 0.3 is 0 Å². The van der Waals surface area contributed by atoms with Gasteiger partial charge in [-0.15, -0.1) is 11.3 Å². The van der Waals surface area contributed by atoms with Crippen LogP contribution in [0.3, 0.4) is 0 Å². The highest BCUT2D eigenvalue weighted by atomic mass is 79.9. The van der Waals surface area contributed by atoms with Gasteiger partial charge < -0.3 is 19.5 Å². The Morgan fingerprint density at radius 2 is 1.56 bits per heavy atom. The Morgan fingerprint density at radius 1 is 0.840 bits per heavy atom. The zero-order valence-corrected chi connectivity index (χ0v) is 31.1. The number of anilines is 2. The van der Waals surface area contributed by atoms with Crippen molar-refractivity contribution in [1.82, 2.24) is 10.4 Å². The molecule has 1 amide bonds. The van der Waals surface area contributed by atoms with Gasteiger partial charge in [0.15, 0.2) is 16.6 Å². The first-order valence-corrected chi connectivity index (χ1v) is 18.0. The highest BCUT2D eigenvalue weighted by Crippen LogP contribution is 2.36. The lowest BCUT2D eigenvalue weighted by Crippen LogP contribution is -2.17. The van der Waals surface area contributed by atoms with Gasteiger partial charge in [0.05, 0.1) is 28.0 Å². The number of aryl methyl sites for hydroxylation is 1. The van der Waals surface area contributed by atoms with Crippen molar-refractivity contribution in [3.8, 4) is 28.5 Å². The van der Waals surface area contributed by atoms with Gasteiger partial charge in [-0.3, -0.25) is 4.79 Å². The van der Waals surface area contributed by atoms with Crippen LogP contribution in [0.2, 0.25) is 0 Å². The number of hydrogen-bond acceptors (Lipinski definition) is 8. The molecule has 5 aromatic carbocycles. The van der Waals surface area contributed by atoms with Gasteiger partial charge in [-0.25, -0.2) is 10.4 Å². The number of rotatable bonds is 13. The fourth-order valence-electron chi connectivity index (χ4n) is 4.85. The number of hydrogen-bond donors (Lipinski definition) is 2. The number of halogens is 2. The highest BCUT2D eigenvalue weighted by molar-refractivity contribution is 9.11. The molecule has 50 heavy (non-hydrogen) atoms. The minimum absolute atomic E-state index is 0.308. The van der Waals surface area contributed by atoms with Gasteiger partial charge in [-0.05, 0) is 104 Å². The van der Waals surface area contributed by atoms with Crippen molar-refractivity contribution in [3.05, 3.63) is 151 Å². The molecule has 2 N–H and O–H groups in total. The molecule has 0 saturated heterocycles. The fourth-order valence-corrected chi connectivity index (χ4v) is 7.04. The minimum atomic E-state index is -0.321. The van der Waals surface area contributed by atoms with Crippen molar-refractivity contribution in [2.24, 2.45) is 5.10 Å².